The summed E-state index contributed by atoms with van der Waals surface area (Å²) in [5.41, 5.74) is 7.02. The Morgan fingerprint density at radius 2 is 2.27 bits per heavy atom. The lowest BCUT2D eigenvalue weighted by atomic mass is 10.2. The van der Waals surface area contributed by atoms with E-state index in [2.05, 4.69) is 9.89 Å². The fourth-order valence-electron chi connectivity index (χ4n) is 1.45. The SMILES string of the molecule is COC(=O)c1c(C)cc(/C(N)=N\O)n1C. The van der Waals surface area contributed by atoms with Crippen molar-refractivity contribution in [3.63, 3.8) is 0 Å². The fourth-order valence-corrected chi connectivity index (χ4v) is 1.45. The van der Waals surface area contributed by atoms with Crippen LogP contribution in [0.25, 0.3) is 0 Å². The van der Waals surface area contributed by atoms with E-state index in [-0.39, 0.29) is 5.84 Å². The molecule has 1 aromatic heterocycles. The molecule has 0 bridgehead atoms. The number of esters is 1. The first-order valence-corrected chi connectivity index (χ1v) is 4.25. The van der Waals surface area contributed by atoms with Crippen LogP contribution in [-0.4, -0.2) is 28.7 Å². The van der Waals surface area contributed by atoms with Crippen LogP contribution in [0, 0.1) is 6.92 Å². The summed E-state index contributed by atoms with van der Waals surface area (Å²) in [6, 6.07) is 1.65. The second kappa shape index (κ2) is 4.04. The number of hydrogen-bond donors (Lipinski definition) is 2. The molecular formula is C9H13N3O3. The standard InChI is InChI=1S/C9H13N3O3/c1-5-4-6(8(10)11-14)12(2)7(5)9(13)15-3/h4,14H,1-3H3,(H2,10,11). The second-order valence-electron chi connectivity index (χ2n) is 3.10. The lowest BCUT2D eigenvalue weighted by Crippen LogP contribution is -2.19. The molecule has 0 aromatic carbocycles. The van der Waals surface area contributed by atoms with E-state index < -0.39 is 5.97 Å². The maximum atomic E-state index is 11.4. The number of methoxy groups -OCH3 is 1. The molecule has 15 heavy (non-hydrogen) atoms. The van der Waals surface area contributed by atoms with Gasteiger partial charge >= 0.3 is 5.97 Å². The van der Waals surface area contributed by atoms with Crippen LogP contribution in [0.3, 0.4) is 0 Å². The third kappa shape index (κ3) is 1.78. The summed E-state index contributed by atoms with van der Waals surface area (Å²) in [4.78, 5) is 11.4. The van der Waals surface area contributed by atoms with Gasteiger partial charge in [-0.3, -0.25) is 0 Å². The van der Waals surface area contributed by atoms with Crippen molar-refractivity contribution in [2.24, 2.45) is 17.9 Å². The quantitative estimate of drug-likeness (QED) is 0.240. The number of aromatic nitrogens is 1. The molecule has 0 aliphatic rings. The zero-order chi connectivity index (χ0) is 11.6. The Morgan fingerprint density at radius 1 is 1.67 bits per heavy atom. The maximum Gasteiger partial charge on any atom is 0.354 e. The number of rotatable bonds is 2. The molecule has 0 aliphatic carbocycles. The third-order valence-electron chi connectivity index (χ3n) is 2.17. The van der Waals surface area contributed by atoms with Crippen LogP contribution in [0.1, 0.15) is 21.7 Å². The maximum absolute atomic E-state index is 11.4. The molecule has 0 spiro atoms. The molecule has 82 valence electrons. The molecule has 6 nitrogen and oxygen atoms in total. The van der Waals surface area contributed by atoms with E-state index in [1.807, 2.05) is 0 Å². The highest BCUT2D eigenvalue weighted by atomic mass is 16.5. The molecule has 0 unspecified atom stereocenters. The molecule has 1 aromatic rings. The number of oxime groups is 1. The van der Waals surface area contributed by atoms with E-state index in [1.54, 1.807) is 20.0 Å². The molecule has 6 heteroatoms. The Balaban J connectivity index is 3.33. The molecule has 1 rings (SSSR count). The highest BCUT2D eigenvalue weighted by molar-refractivity contribution is 5.99. The van der Waals surface area contributed by atoms with Crippen LogP contribution in [0.2, 0.25) is 0 Å². The molecule has 0 atom stereocenters. The summed E-state index contributed by atoms with van der Waals surface area (Å²) >= 11 is 0. The van der Waals surface area contributed by atoms with Gasteiger partial charge in [0.05, 0.1) is 12.8 Å². The number of ether oxygens (including phenoxy) is 1. The van der Waals surface area contributed by atoms with E-state index >= 15 is 0 Å². The van der Waals surface area contributed by atoms with E-state index in [0.717, 1.165) is 0 Å². The molecule has 0 saturated heterocycles. The molecular weight excluding hydrogens is 198 g/mol. The predicted molar refractivity (Wildman–Crippen MR) is 54.0 cm³/mol. The Labute approximate surface area is 86.9 Å². The molecule has 0 fully saturated rings. The topological polar surface area (TPSA) is 89.8 Å². The van der Waals surface area contributed by atoms with E-state index in [4.69, 9.17) is 10.9 Å². The zero-order valence-corrected chi connectivity index (χ0v) is 8.81. The van der Waals surface area contributed by atoms with Crippen LogP contribution in [0.4, 0.5) is 0 Å². The van der Waals surface area contributed by atoms with Crippen molar-refractivity contribution < 1.29 is 14.7 Å². The first-order chi connectivity index (χ1) is 7.02. The smallest absolute Gasteiger partial charge is 0.354 e. The molecule has 0 saturated carbocycles. The number of nitrogens with zero attached hydrogens (tertiary/aromatic N) is 2. The van der Waals surface area contributed by atoms with Crippen molar-refractivity contribution in [3.8, 4) is 0 Å². The first kappa shape index (κ1) is 11.1. The molecule has 1 heterocycles. The van der Waals surface area contributed by atoms with Crippen molar-refractivity contribution in [2.45, 2.75) is 6.92 Å². The van der Waals surface area contributed by atoms with Gasteiger partial charge in [0.25, 0.3) is 0 Å². The van der Waals surface area contributed by atoms with Gasteiger partial charge in [-0.1, -0.05) is 5.16 Å². The van der Waals surface area contributed by atoms with Gasteiger partial charge < -0.3 is 20.2 Å². The number of carbonyl (C=O) groups excluding carboxylic acids is 1. The molecule has 0 radical (unpaired) electrons. The number of nitrogens with two attached hydrogens (primary N) is 1. The predicted octanol–water partition coefficient (Wildman–Crippen LogP) is 0.215. The highest BCUT2D eigenvalue weighted by Gasteiger charge is 2.18. The molecule has 0 aliphatic heterocycles. The number of carbonyl (C=O) groups is 1. The summed E-state index contributed by atoms with van der Waals surface area (Å²) in [5, 5.41) is 11.4. The minimum absolute atomic E-state index is 0.0456. The zero-order valence-electron chi connectivity index (χ0n) is 8.81. The number of amidine groups is 1. The third-order valence-corrected chi connectivity index (χ3v) is 2.17. The van der Waals surface area contributed by atoms with Crippen molar-refractivity contribution in [1.82, 2.24) is 4.57 Å². The Bertz CT molecular complexity index is 420. The van der Waals surface area contributed by atoms with Crippen LogP contribution in [0.15, 0.2) is 11.2 Å². The lowest BCUT2D eigenvalue weighted by Gasteiger charge is -2.05. The summed E-state index contributed by atoms with van der Waals surface area (Å²) in [6.45, 7) is 1.75. The minimum Gasteiger partial charge on any atom is -0.464 e. The summed E-state index contributed by atoms with van der Waals surface area (Å²) < 4.78 is 6.15. The molecule has 0 amide bonds. The van der Waals surface area contributed by atoms with E-state index in [9.17, 15) is 4.79 Å². The van der Waals surface area contributed by atoms with Gasteiger partial charge in [-0.05, 0) is 18.6 Å². The van der Waals surface area contributed by atoms with Gasteiger partial charge in [0.15, 0.2) is 5.84 Å². The van der Waals surface area contributed by atoms with Crippen molar-refractivity contribution in [1.29, 1.82) is 0 Å². The average molecular weight is 211 g/mol. The van der Waals surface area contributed by atoms with Crippen LogP contribution >= 0.6 is 0 Å². The number of aryl methyl sites for hydroxylation is 1. The van der Waals surface area contributed by atoms with Crippen LogP contribution in [0.5, 0.6) is 0 Å². The van der Waals surface area contributed by atoms with E-state index in [1.165, 1.54) is 11.7 Å². The van der Waals surface area contributed by atoms with Gasteiger partial charge in [-0.2, -0.15) is 0 Å². The normalized spacial score (nSPS) is 11.5. The number of hydrogen-bond acceptors (Lipinski definition) is 4. The van der Waals surface area contributed by atoms with Gasteiger partial charge in [-0.15, -0.1) is 0 Å². The van der Waals surface area contributed by atoms with Gasteiger partial charge in [0.1, 0.15) is 5.69 Å². The van der Waals surface area contributed by atoms with Crippen LogP contribution < -0.4 is 5.73 Å². The summed E-state index contributed by atoms with van der Waals surface area (Å²) in [7, 11) is 2.95. The van der Waals surface area contributed by atoms with Gasteiger partial charge in [0.2, 0.25) is 0 Å². The minimum atomic E-state index is -0.452. The van der Waals surface area contributed by atoms with Crippen LogP contribution in [-0.2, 0) is 11.8 Å². The lowest BCUT2D eigenvalue weighted by molar-refractivity contribution is 0.0589. The summed E-state index contributed by atoms with van der Waals surface area (Å²) in [5.74, 6) is -0.497. The first-order valence-electron chi connectivity index (χ1n) is 4.25. The highest BCUT2D eigenvalue weighted by Crippen LogP contribution is 2.14. The second-order valence-corrected chi connectivity index (χ2v) is 3.10. The largest absolute Gasteiger partial charge is 0.464 e. The average Bonchev–Trinajstić information content (AvgIpc) is 2.52. The van der Waals surface area contributed by atoms with Crippen molar-refractivity contribution in [3.05, 3.63) is 23.0 Å². The van der Waals surface area contributed by atoms with Gasteiger partial charge in [-0.25, -0.2) is 4.79 Å². The van der Waals surface area contributed by atoms with Gasteiger partial charge in [0, 0.05) is 7.05 Å². The Kier molecular flexibility index (Phi) is 2.99. The monoisotopic (exact) mass is 211 g/mol. The van der Waals surface area contributed by atoms with E-state index in [0.29, 0.717) is 17.0 Å². The Morgan fingerprint density at radius 3 is 2.73 bits per heavy atom. The van der Waals surface area contributed by atoms with Crippen molar-refractivity contribution >= 4 is 11.8 Å². The Hall–Kier alpha value is -1.98. The molecule has 3 N–H and O–H groups in total. The van der Waals surface area contributed by atoms with Crippen molar-refractivity contribution in [2.75, 3.05) is 7.11 Å². The fraction of sp³-hybridized carbons (Fsp3) is 0.333. The summed E-state index contributed by atoms with van der Waals surface area (Å²) in [6.07, 6.45) is 0.